The van der Waals surface area contributed by atoms with Crippen molar-refractivity contribution in [3.63, 3.8) is 0 Å². The topological polar surface area (TPSA) is 57.5 Å². The number of benzene rings is 1. The van der Waals surface area contributed by atoms with Crippen molar-refractivity contribution < 1.29 is 14.3 Å². The number of pyridine rings is 1. The van der Waals surface area contributed by atoms with E-state index in [1.807, 2.05) is 12.1 Å². The van der Waals surface area contributed by atoms with Crippen LogP contribution in [0.3, 0.4) is 0 Å². The summed E-state index contributed by atoms with van der Waals surface area (Å²) in [6.45, 7) is 1.78. The SMILES string of the molecule is O=C(OCc1ccc(C2CCOCC2)cc1)n1ccccc1=O. The number of hydrogen-bond acceptors (Lipinski definition) is 4. The van der Waals surface area contributed by atoms with Crippen LogP contribution in [0.15, 0.2) is 53.5 Å². The second-order valence-electron chi connectivity index (χ2n) is 5.59. The molecule has 23 heavy (non-hydrogen) atoms. The minimum atomic E-state index is -0.663. The van der Waals surface area contributed by atoms with E-state index >= 15 is 0 Å². The van der Waals surface area contributed by atoms with Crippen LogP contribution in [-0.4, -0.2) is 23.9 Å². The number of rotatable bonds is 3. The average molecular weight is 313 g/mol. The third-order valence-corrected chi connectivity index (χ3v) is 4.05. The molecule has 0 aliphatic carbocycles. The summed E-state index contributed by atoms with van der Waals surface area (Å²) in [5.74, 6) is 0.545. The Labute approximate surface area is 134 Å². The van der Waals surface area contributed by atoms with Crippen molar-refractivity contribution in [1.29, 1.82) is 0 Å². The lowest BCUT2D eigenvalue weighted by molar-refractivity contribution is 0.0853. The van der Waals surface area contributed by atoms with Gasteiger partial charge < -0.3 is 9.47 Å². The zero-order chi connectivity index (χ0) is 16.1. The van der Waals surface area contributed by atoms with E-state index in [9.17, 15) is 9.59 Å². The maximum absolute atomic E-state index is 11.9. The molecule has 0 spiro atoms. The molecule has 5 heteroatoms. The summed E-state index contributed by atoms with van der Waals surface area (Å²) in [6.07, 6.45) is 2.83. The van der Waals surface area contributed by atoms with Crippen molar-refractivity contribution in [1.82, 2.24) is 4.57 Å². The lowest BCUT2D eigenvalue weighted by atomic mass is 9.91. The third kappa shape index (κ3) is 3.87. The Balaban J connectivity index is 1.59. The molecule has 0 N–H and O–H groups in total. The van der Waals surface area contributed by atoms with Crippen molar-refractivity contribution in [2.45, 2.75) is 25.4 Å². The molecule has 1 aliphatic heterocycles. The van der Waals surface area contributed by atoms with E-state index in [0.29, 0.717) is 5.92 Å². The van der Waals surface area contributed by atoms with Crippen LogP contribution in [0.5, 0.6) is 0 Å². The maximum atomic E-state index is 11.9. The normalized spacial score (nSPS) is 15.3. The summed E-state index contributed by atoms with van der Waals surface area (Å²) in [7, 11) is 0. The van der Waals surface area contributed by atoms with Crippen LogP contribution < -0.4 is 5.56 Å². The van der Waals surface area contributed by atoms with Gasteiger partial charge >= 0.3 is 6.09 Å². The van der Waals surface area contributed by atoms with Crippen molar-refractivity contribution >= 4 is 6.09 Å². The van der Waals surface area contributed by atoms with Crippen molar-refractivity contribution in [3.8, 4) is 0 Å². The zero-order valence-corrected chi connectivity index (χ0v) is 12.8. The molecular weight excluding hydrogens is 294 g/mol. The summed E-state index contributed by atoms with van der Waals surface area (Å²) in [5.41, 5.74) is 1.80. The Hall–Kier alpha value is -2.40. The van der Waals surface area contributed by atoms with E-state index in [1.54, 1.807) is 12.1 Å². The first-order valence-electron chi connectivity index (χ1n) is 7.75. The van der Waals surface area contributed by atoms with Gasteiger partial charge in [0.25, 0.3) is 5.56 Å². The molecule has 0 atom stereocenters. The smallest absolute Gasteiger partial charge is 0.421 e. The monoisotopic (exact) mass is 313 g/mol. The first-order chi connectivity index (χ1) is 11.2. The molecule has 1 aromatic carbocycles. The molecule has 2 heterocycles. The molecule has 0 unspecified atom stereocenters. The largest absolute Gasteiger partial charge is 0.444 e. The zero-order valence-electron chi connectivity index (χ0n) is 12.8. The van der Waals surface area contributed by atoms with Crippen LogP contribution in [0.25, 0.3) is 0 Å². The van der Waals surface area contributed by atoms with Gasteiger partial charge in [-0.3, -0.25) is 4.79 Å². The molecule has 1 saturated heterocycles. The summed E-state index contributed by atoms with van der Waals surface area (Å²) >= 11 is 0. The molecule has 1 fully saturated rings. The highest BCUT2D eigenvalue weighted by Gasteiger charge is 2.15. The van der Waals surface area contributed by atoms with E-state index in [1.165, 1.54) is 17.8 Å². The molecule has 1 aliphatic rings. The van der Waals surface area contributed by atoms with Gasteiger partial charge in [-0.15, -0.1) is 0 Å². The lowest BCUT2D eigenvalue weighted by Crippen LogP contribution is -2.26. The fourth-order valence-corrected chi connectivity index (χ4v) is 2.71. The van der Waals surface area contributed by atoms with Crippen LogP contribution in [-0.2, 0) is 16.1 Å². The Morgan fingerprint density at radius 2 is 1.87 bits per heavy atom. The fourth-order valence-electron chi connectivity index (χ4n) is 2.71. The Kier molecular flexibility index (Phi) is 4.88. The number of hydrogen-bond donors (Lipinski definition) is 0. The summed E-state index contributed by atoms with van der Waals surface area (Å²) in [5, 5.41) is 0. The lowest BCUT2D eigenvalue weighted by Gasteiger charge is -2.22. The number of ether oxygens (including phenoxy) is 2. The quantitative estimate of drug-likeness (QED) is 0.874. The van der Waals surface area contributed by atoms with Crippen molar-refractivity contribution in [2.24, 2.45) is 0 Å². The van der Waals surface area contributed by atoms with E-state index < -0.39 is 11.7 Å². The predicted octanol–water partition coefficient (Wildman–Crippen LogP) is 2.93. The van der Waals surface area contributed by atoms with Gasteiger partial charge in [-0.1, -0.05) is 30.3 Å². The predicted molar refractivity (Wildman–Crippen MR) is 85.5 cm³/mol. The molecule has 120 valence electrons. The van der Waals surface area contributed by atoms with Crippen LogP contribution in [0, 0.1) is 0 Å². The first-order valence-corrected chi connectivity index (χ1v) is 7.75. The Bertz CT molecular complexity index is 714. The Morgan fingerprint density at radius 1 is 1.13 bits per heavy atom. The highest BCUT2D eigenvalue weighted by atomic mass is 16.5. The van der Waals surface area contributed by atoms with Crippen LogP contribution in [0.4, 0.5) is 4.79 Å². The molecule has 0 saturated carbocycles. The van der Waals surface area contributed by atoms with Gasteiger partial charge in [-0.05, 0) is 36.0 Å². The van der Waals surface area contributed by atoms with Gasteiger partial charge in [0, 0.05) is 25.5 Å². The van der Waals surface area contributed by atoms with E-state index in [0.717, 1.165) is 36.2 Å². The molecular formula is C18H19NO4. The van der Waals surface area contributed by atoms with Gasteiger partial charge in [0.15, 0.2) is 0 Å². The molecule has 0 bridgehead atoms. The molecule has 5 nitrogen and oxygen atoms in total. The second-order valence-corrected chi connectivity index (χ2v) is 5.59. The van der Waals surface area contributed by atoms with Gasteiger partial charge in [0.05, 0.1) is 0 Å². The number of carbonyl (C=O) groups is 1. The molecule has 0 amide bonds. The molecule has 1 aromatic heterocycles. The maximum Gasteiger partial charge on any atom is 0.421 e. The van der Waals surface area contributed by atoms with Crippen LogP contribution in [0.1, 0.15) is 29.9 Å². The fraction of sp³-hybridized carbons (Fsp3) is 0.333. The number of carbonyl (C=O) groups excluding carboxylic acids is 1. The van der Waals surface area contributed by atoms with E-state index in [-0.39, 0.29) is 6.61 Å². The minimum absolute atomic E-state index is 0.147. The standard InChI is InChI=1S/C18H19NO4/c20-17-3-1-2-10-19(17)18(21)23-13-14-4-6-15(7-5-14)16-8-11-22-12-9-16/h1-7,10,16H,8-9,11-13H2. The second kappa shape index (κ2) is 7.24. The summed E-state index contributed by atoms with van der Waals surface area (Å²) in [6, 6.07) is 12.6. The first kappa shape index (κ1) is 15.5. The van der Waals surface area contributed by atoms with Gasteiger partial charge in [0.1, 0.15) is 6.61 Å². The van der Waals surface area contributed by atoms with Crippen LogP contribution in [0.2, 0.25) is 0 Å². The Morgan fingerprint density at radius 3 is 2.57 bits per heavy atom. The number of aromatic nitrogens is 1. The van der Waals surface area contributed by atoms with Gasteiger partial charge in [-0.25, -0.2) is 9.36 Å². The van der Waals surface area contributed by atoms with Crippen molar-refractivity contribution in [3.05, 3.63) is 70.1 Å². The summed E-state index contributed by atoms with van der Waals surface area (Å²) in [4.78, 5) is 23.4. The molecule has 2 aromatic rings. The molecule has 0 radical (unpaired) electrons. The third-order valence-electron chi connectivity index (χ3n) is 4.05. The van der Waals surface area contributed by atoms with Gasteiger partial charge in [0.2, 0.25) is 0 Å². The van der Waals surface area contributed by atoms with E-state index in [4.69, 9.17) is 9.47 Å². The highest BCUT2D eigenvalue weighted by molar-refractivity contribution is 5.70. The van der Waals surface area contributed by atoms with Gasteiger partial charge in [-0.2, -0.15) is 0 Å². The number of nitrogens with zero attached hydrogens (tertiary/aromatic N) is 1. The van der Waals surface area contributed by atoms with E-state index in [2.05, 4.69) is 12.1 Å². The summed E-state index contributed by atoms with van der Waals surface area (Å²) < 4.78 is 11.5. The van der Waals surface area contributed by atoms with Crippen molar-refractivity contribution in [2.75, 3.05) is 13.2 Å². The molecule has 3 rings (SSSR count). The van der Waals surface area contributed by atoms with Crippen LogP contribution >= 0.6 is 0 Å². The minimum Gasteiger partial charge on any atom is -0.444 e. The average Bonchev–Trinajstić information content (AvgIpc) is 2.61. The highest BCUT2D eigenvalue weighted by Crippen LogP contribution is 2.26.